The molecule has 0 aromatic heterocycles. The van der Waals surface area contributed by atoms with Gasteiger partial charge in [-0.2, -0.15) is 0 Å². The molecule has 0 heterocycles. The highest BCUT2D eigenvalue weighted by molar-refractivity contribution is 5.85. The molecule has 15 heavy (non-hydrogen) atoms. The first-order valence-corrected chi connectivity index (χ1v) is 5.18. The lowest BCUT2D eigenvalue weighted by atomic mass is 10.0. The highest BCUT2D eigenvalue weighted by Crippen LogP contribution is 2.00. The molecule has 5 nitrogen and oxygen atoms in total. The van der Waals surface area contributed by atoms with Gasteiger partial charge in [0.15, 0.2) is 0 Å². The quantitative estimate of drug-likeness (QED) is 0.529. The average molecular weight is 215 g/mol. The second-order valence-electron chi connectivity index (χ2n) is 3.89. The van der Waals surface area contributed by atoms with Crippen molar-refractivity contribution in [2.24, 2.45) is 0 Å². The number of carbonyl (C=O) groups excluding carboxylic acids is 2. The van der Waals surface area contributed by atoms with E-state index in [0.29, 0.717) is 13.1 Å². The van der Waals surface area contributed by atoms with Gasteiger partial charge in [-0.3, -0.25) is 9.59 Å². The monoisotopic (exact) mass is 215 g/mol. The van der Waals surface area contributed by atoms with Gasteiger partial charge in [0.05, 0.1) is 5.54 Å². The van der Waals surface area contributed by atoms with Crippen molar-refractivity contribution in [3.8, 4) is 0 Å². The van der Waals surface area contributed by atoms with Crippen LogP contribution in [0.15, 0.2) is 0 Å². The van der Waals surface area contributed by atoms with Gasteiger partial charge >= 0.3 is 0 Å². The van der Waals surface area contributed by atoms with Crippen LogP contribution < -0.4 is 16.0 Å². The molecular weight excluding hydrogens is 194 g/mol. The standard InChI is InChI=1S/C10H21N3O2/c1-5-13-10(3,4)9(15)12-7-6-11-8(2)14/h13H,5-7H2,1-4H3,(H,11,14)(H,12,15). The summed E-state index contributed by atoms with van der Waals surface area (Å²) < 4.78 is 0. The van der Waals surface area contributed by atoms with E-state index in [1.807, 2.05) is 20.8 Å². The fraction of sp³-hybridized carbons (Fsp3) is 0.800. The van der Waals surface area contributed by atoms with E-state index in [1.165, 1.54) is 6.92 Å². The van der Waals surface area contributed by atoms with E-state index in [4.69, 9.17) is 0 Å². The van der Waals surface area contributed by atoms with E-state index in [9.17, 15) is 9.59 Å². The highest BCUT2D eigenvalue weighted by Gasteiger charge is 2.25. The molecule has 0 unspecified atom stereocenters. The zero-order valence-electron chi connectivity index (χ0n) is 9.94. The zero-order valence-corrected chi connectivity index (χ0v) is 9.94. The molecule has 0 aromatic carbocycles. The molecule has 3 N–H and O–H groups in total. The first-order chi connectivity index (χ1) is 6.90. The topological polar surface area (TPSA) is 70.2 Å². The van der Waals surface area contributed by atoms with Gasteiger partial charge in [-0.05, 0) is 20.4 Å². The van der Waals surface area contributed by atoms with E-state index in [1.54, 1.807) is 0 Å². The number of amides is 2. The van der Waals surface area contributed by atoms with Crippen LogP contribution in [0.1, 0.15) is 27.7 Å². The lowest BCUT2D eigenvalue weighted by Gasteiger charge is -2.24. The van der Waals surface area contributed by atoms with Crippen molar-refractivity contribution < 1.29 is 9.59 Å². The molecule has 5 heteroatoms. The highest BCUT2D eigenvalue weighted by atomic mass is 16.2. The summed E-state index contributed by atoms with van der Waals surface area (Å²) in [5.41, 5.74) is -0.565. The normalized spacial score (nSPS) is 10.9. The Bertz CT molecular complexity index is 227. The molecule has 0 saturated carbocycles. The predicted octanol–water partition coefficient (Wildman–Crippen LogP) is -0.373. The predicted molar refractivity (Wildman–Crippen MR) is 59.4 cm³/mol. The van der Waals surface area contributed by atoms with E-state index in [-0.39, 0.29) is 11.8 Å². The van der Waals surface area contributed by atoms with Gasteiger partial charge in [0.25, 0.3) is 0 Å². The molecule has 0 aliphatic rings. The van der Waals surface area contributed by atoms with Crippen LogP contribution in [-0.4, -0.2) is 37.0 Å². The van der Waals surface area contributed by atoms with Crippen LogP contribution in [0.25, 0.3) is 0 Å². The Hall–Kier alpha value is -1.10. The third-order valence-corrected chi connectivity index (χ3v) is 1.97. The molecule has 0 fully saturated rings. The summed E-state index contributed by atoms with van der Waals surface area (Å²) in [6, 6.07) is 0. The van der Waals surface area contributed by atoms with Crippen LogP contribution >= 0.6 is 0 Å². The average Bonchev–Trinajstić information content (AvgIpc) is 2.11. The Kier molecular flexibility index (Phi) is 5.93. The summed E-state index contributed by atoms with van der Waals surface area (Å²) in [5.74, 6) is -0.148. The Morgan fingerprint density at radius 1 is 1.13 bits per heavy atom. The minimum absolute atomic E-state index is 0.0605. The third-order valence-electron chi connectivity index (χ3n) is 1.97. The SMILES string of the molecule is CCNC(C)(C)C(=O)NCCNC(C)=O. The minimum Gasteiger partial charge on any atom is -0.355 e. The molecule has 0 aliphatic heterocycles. The number of hydrogen-bond donors (Lipinski definition) is 3. The molecule has 0 rings (SSSR count). The van der Waals surface area contributed by atoms with Crippen molar-refractivity contribution in [2.45, 2.75) is 33.2 Å². The summed E-state index contributed by atoms with van der Waals surface area (Å²) in [5, 5.41) is 8.43. The first-order valence-electron chi connectivity index (χ1n) is 5.18. The van der Waals surface area contributed by atoms with Crippen molar-refractivity contribution in [1.29, 1.82) is 0 Å². The summed E-state index contributed by atoms with van der Waals surface area (Å²) >= 11 is 0. The maximum absolute atomic E-state index is 11.6. The Morgan fingerprint density at radius 2 is 1.67 bits per heavy atom. The van der Waals surface area contributed by atoms with E-state index >= 15 is 0 Å². The van der Waals surface area contributed by atoms with E-state index in [0.717, 1.165) is 6.54 Å². The first kappa shape index (κ1) is 13.9. The number of rotatable bonds is 6. The van der Waals surface area contributed by atoms with Crippen LogP contribution in [0.5, 0.6) is 0 Å². The maximum atomic E-state index is 11.6. The van der Waals surface area contributed by atoms with Gasteiger partial charge in [-0.15, -0.1) is 0 Å². The summed E-state index contributed by atoms with van der Waals surface area (Å²) in [6.45, 7) is 8.70. The number of carbonyl (C=O) groups is 2. The number of nitrogens with one attached hydrogen (secondary N) is 3. The molecular formula is C10H21N3O2. The van der Waals surface area contributed by atoms with Gasteiger partial charge in [-0.1, -0.05) is 6.92 Å². The minimum atomic E-state index is -0.565. The largest absolute Gasteiger partial charge is 0.355 e. The van der Waals surface area contributed by atoms with Gasteiger partial charge in [0, 0.05) is 20.0 Å². The van der Waals surface area contributed by atoms with Crippen LogP contribution in [0.2, 0.25) is 0 Å². The summed E-state index contributed by atoms with van der Waals surface area (Å²) in [7, 11) is 0. The molecule has 2 amide bonds. The maximum Gasteiger partial charge on any atom is 0.239 e. The molecule has 0 spiro atoms. The van der Waals surface area contributed by atoms with Crippen molar-refractivity contribution in [3.05, 3.63) is 0 Å². The van der Waals surface area contributed by atoms with Crippen molar-refractivity contribution in [3.63, 3.8) is 0 Å². The van der Waals surface area contributed by atoms with Crippen LogP contribution in [-0.2, 0) is 9.59 Å². The van der Waals surface area contributed by atoms with E-state index < -0.39 is 5.54 Å². The van der Waals surface area contributed by atoms with Crippen LogP contribution in [0.3, 0.4) is 0 Å². The molecule has 0 atom stereocenters. The third kappa shape index (κ3) is 6.06. The van der Waals surface area contributed by atoms with Gasteiger partial charge < -0.3 is 16.0 Å². The number of likely N-dealkylation sites (N-methyl/N-ethyl adjacent to an activating group) is 1. The van der Waals surface area contributed by atoms with Crippen molar-refractivity contribution in [2.75, 3.05) is 19.6 Å². The van der Waals surface area contributed by atoms with E-state index in [2.05, 4.69) is 16.0 Å². The second-order valence-corrected chi connectivity index (χ2v) is 3.89. The summed E-state index contributed by atoms with van der Waals surface area (Å²) in [4.78, 5) is 22.2. The lowest BCUT2D eigenvalue weighted by molar-refractivity contribution is -0.126. The zero-order chi connectivity index (χ0) is 11.9. The fourth-order valence-corrected chi connectivity index (χ4v) is 1.16. The van der Waals surface area contributed by atoms with Gasteiger partial charge in [0.1, 0.15) is 0 Å². The fourth-order valence-electron chi connectivity index (χ4n) is 1.16. The smallest absolute Gasteiger partial charge is 0.239 e. The summed E-state index contributed by atoms with van der Waals surface area (Å²) in [6.07, 6.45) is 0. The molecule has 88 valence electrons. The second kappa shape index (κ2) is 6.40. The van der Waals surface area contributed by atoms with Crippen LogP contribution in [0, 0.1) is 0 Å². The number of hydrogen-bond acceptors (Lipinski definition) is 3. The van der Waals surface area contributed by atoms with Gasteiger partial charge in [-0.25, -0.2) is 0 Å². The van der Waals surface area contributed by atoms with Crippen molar-refractivity contribution in [1.82, 2.24) is 16.0 Å². The Morgan fingerprint density at radius 3 is 2.13 bits per heavy atom. The molecule has 0 aromatic rings. The molecule has 0 radical (unpaired) electrons. The molecule has 0 bridgehead atoms. The lowest BCUT2D eigenvalue weighted by Crippen LogP contribution is -2.53. The van der Waals surface area contributed by atoms with Crippen molar-refractivity contribution >= 4 is 11.8 Å². The van der Waals surface area contributed by atoms with Gasteiger partial charge in [0.2, 0.25) is 11.8 Å². The molecule has 0 saturated heterocycles. The Balaban J connectivity index is 3.78. The van der Waals surface area contributed by atoms with Crippen LogP contribution in [0.4, 0.5) is 0 Å². The Labute approximate surface area is 91.0 Å². The molecule has 0 aliphatic carbocycles.